The van der Waals surface area contributed by atoms with Gasteiger partial charge in [-0.15, -0.1) is 0 Å². The summed E-state index contributed by atoms with van der Waals surface area (Å²) in [5.74, 6) is -5.10. The Bertz CT molecular complexity index is 691. The molecule has 1 heterocycles. The molecule has 0 amide bonds. The number of carbonyl (C=O) groups excluding carboxylic acids is 2. The SMILES string of the molecule is O=C1OC(=O)c2c(OS(=O)(=O)CC(F)(F)F)cccc21. The van der Waals surface area contributed by atoms with Crippen LogP contribution < -0.4 is 4.18 Å². The molecule has 0 saturated carbocycles. The summed E-state index contributed by atoms with van der Waals surface area (Å²) in [6, 6.07) is 3.26. The Hall–Kier alpha value is -2.10. The van der Waals surface area contributed by atoms with Gasteiger partial charge >= 0.3 is 28.2 Å². The predicted molar refractivity (Wildman–Crippen MR) is 56.7 cm³/mol. The molecule has 0 saturated heterocycles. The zero-order valence-corrected chi connectivity index (χ0v) is 10.2. The van der Waals surface area contributed by atoms with E-state index in [1.807, 2.05) is 0 Å². The van der Waals surface area contributed by atoms with Crippen LogP contribution in [0.1, 0.15) is 20.7 Å². The lowest BCUT2D eigenvalue weighted by atomic mass is 10.1. The summed E-state index contributed by atoms with van der Waals surface area (Å²) < 4.78 is 67.1. The van der Waals surface area contributed by atoms with Crippen LogP contribution in [0, 0.1) is 0 Å². The van der Waals surface area contributed by atoms with Crippen molar-refractivity contribution in [1.29, 1.82) is 0 Å². The van der Waals surface area contributed by atoms with Crippen LogP contribution in [0.4, 0.5) is 13.2 Å². The molecule has 0 bridgehead atoms. The third-order valence-electron chi connectivity index (χ3n) is 2.19. The third kappa shape index (κ3) is 2.90. The number of ether oxygens (including phenoxy) is 1. The van der Waals surface area contributed by atoms with Gasteiger partial charge in [0.25, 0.3) is 0 Å². The van der Waals surface area contributed by atoms with Crippen LogP contribution in [0.2, 0.25) is 0 Å². The second kappa shape index (κ2) is 4.47. The van der Waals surface area contributed by atoms with Crippen molar-refractivity contribution in [3.05, 3.63) is 29.3 Å². The normalized spacial score (nSPS) is 14.9. The first-order chi connectivity index (χ1) is 9.09. The van der Waals surface area contributed by atoms with Crippen molar-refractivity contribution in [2.75, 3.05) is 5.75 Å². The van der Waals surface area contributed by atoms with Crippen LogP contribution >= 0.6 is 0 Å². The number of halogens is 3. The molecule has 0 aliphatic carbocycles. The number of carbonyl (C=O) groups is 2. The molecule has 2 rings (SSSR count). The first-order valence-electron chi connectivity index (χ1n) is 4.97. The molecule has 0 N–H and O–H groups in total. The fourth-order valence-corrected chi connectivity index (χ4v) is 2.41. The lowest BCUT2D eigenvalue weighted by molar-refractivity contribution is -0.107. The first kappa shape index (κ1) is 14.3. The fraction of sp³-hybridized carbons (Fsp3) is 0.200. The average molecular weight is 310 g/mol. The highest BCUT2D eigenvalue weighted by Gasteiger charge is 2.39. The molecule has 1 aliphatic rings. The van der Waals surface area contributed by atoms with Crippen molar-refractivity contribution >= 4 is 22.1 Å². The molecule has 1 aromatic rings. The van der Waals surface area contributed by atoms with Crippen LogP contribution in [-0.2, 0) is 14.9 Å². The highest BCUT2D eigenvalue weighted by Crippen LogP contribution is 2.30. The molecule has 6 nitrogen and oxygen atoms in total. The van der Waals surface area contributed by atoms with Gasteiger partial charge in [-0.3, -0.25) is 0 Å². The number of hydrogen-bond acceptors (Lipinski definition) is 6. The molecule has 0 unspecified atom stereocenters. The zero-order chi connectivity index (χ0) is 15.1. The minimum atomic E-state index is -5.00. The Morgan fingerprint density at radius 2 is 1.80 bits per heavy atom. The van der Waals surface area contributed by atoms with Crippen LogP contribution in [0.3, 0.4) is 0 Å². The number of benzene rings is 1. The maximum absolute atomic E-state index is 12.1. The van der Waals surface area contributed by atoms with E-state index in [0.717, 1.165) is 18.2 Å². The summed E-state index contributed by atoms with van der Waals surface area (Å²) in [4.78, 5) is 22.5. The molecule has 10 heteroatoms. The summed E-state index contributed by atoms with van der Waals surface area (Å²) in [5.41, 5.74) is -0.780. The van der Waals surface area contributed by atoms with Crippen LogP contribution in [-0.4, -0.2) is 32.3 Å². The molecule has 0 spiro atoms. The number of fused-ring (bicyclic) bond motifs is 1. The van der Waals surface area contributed by atoms with Gasteiger partial charge < -0.3 is 8.92 Å². The lowest BCUT2D eigenvalue weighted by Gasteiger charge is -2.10. The molecular weight excluding hydrogens is 305 g/mol. The molecule has 108 valence electrons. The molecule has 0 radical (unpaired) electrons. The number of hydrogen-bond donors (Lipinski definition) is 0. The Labute approximate surface area is 110 Å². The molecule has 1 aromatic carbocycles. The Balaban J connectivity index is 2.38. The Kier molecular flexibility index (Phi) is 3.20. The third-order valence-corrected chi connectivity index (χ3v) is 3.31. The van der Waals surface area contributed by atoms with E-state index in [-0.39, 0.29) is 5.56 Å². The van der Waals surface area contributed by atoms with Gasteiger partial charge in [-0.05, 0) is 12.1 Å². The van der Waals surface area contributed by atoms with Gasteiger partial charge in [0, 0.05) is 0 Å². The van der Waals surface area contributed by atoms with Crippen molar-refractivity contribution in [2.24, 2.45) is 0 Å². The van der Waals surface area contributed by atoms with E-state index in [1.54, 1.807) is 0 Å². The van der Waals surface area contributed by atoms with Gasteiger partial charge in [0.05, 0.1) is 5.56 Å². The molecule has 0 aromatic heterocycles. The van der Waals surface area contributed by atoms with E-state index >= 15 is 0 Å². The summed E-state index contributed by atoms with van der Waals surface area (Å²) in [5, 5.41) is 0. The van der Waals surface area contributed by atoms with Gasteiger partial charge in [0.2, 0.25) is 0 Å². The Morgan fingerprint density at radius 3 is 2.40 bits per heavy atom. The van der Waals surface area contributed by atoms with Crippen molar-refractivity contribution in [2.45, 2.75) is 6.18 Å². The van der Waals surface area contributed by atoms with E-state index < -0.39 is 45.3 Å². The summed E-state index contributed by atoms with van der Waals surface area (Å²) in [6.07, 6.45) is -4.99. The second-order valence-corrected chi connectivity index (χ2v) is 5.33. The van der Waals surface area contributed by atoms with Gasteiger partial charge in [-0.1, -0.05) is 6.07 Å². The first-order valence-corrected chi connectivity index (χ1v) is 6.55. The second-order valence-electron chi connectivity index (χ2n) is 3.76. The smallest absolute Gasteiger partial charge is 0.386 e. The lowest BCUT2D eigenvalue weighted by Crippen LogP contribution is -2.26. The maximum Gasteiger partial charge on any atom is 0.406 e. The van der Waals surface area contributed by atoms with Gasteiger partial charge in [0.15, 0.2) is 11.5 Å². The Morgan fingerprint density at radius 1 is 1.15 bits per heavy atom. The predicted octanol–water partition coefficient (Wildman–Crippen LogP) is 1.27. The molecular formula is C10H5F3O6S. The quantitative estimate of drug-likeness (QED) is 0.475. The largest absolute Gasteiger partial charge is 0.406 e. The van der Waals surface area contributed by atoms with E-state index in [2.05, 4.69) is 8.92 Å². The maximum atomic E-state index is 12.1. The minimum absolute atomic E-state index is 0.269. The molecule has 0 fully saturated rings. The zero-order valence-electron chi connectivity index (χ0n) is 9.43. The van der Waals surface area contributed by atoms with Gasteiger partial charge in [-0.2, -0.15) is 21.6 Å². The molecule has 1 aliphatic heterocycles. The highest BCUT2D eigenvalue weighted by atomic mass is 32.2. The van der Waals surface area contributed by atoms with Crippen LogP contribution in [0.5, 0.6) is 5.75 Å². The number of cyclic esters (lactones) is 2. The van der Waals surface area contributed by atoms with Crippen molar-refractivity contribution in [3.63, 3.8) is 0 Å². The van der Waals surface area contributed by atoms with Crippen LogP contribution in [0.15, 0.2) is 18.2 Å². The number of rotatable bonds is 3. The number of esters is 2. The molecule has 0 atom stereocenters. The average Bonchev–Trinajstić information content (AvgIpc) is 2.51. The van der Waals surface area contributed by atoms with Crippen molar-refractivity contribution in [1.82, 2.24) is 0 Å². The monoisotopic (exact) mass is 310 g/mol. The van der Waals surface area contributed by atoms with E-state index in [9.17, 15) is 31.2 Å². The summed E-state index contributed by atoms with van der Waals surface area (Å²) in [6.45, 7) is 0. The highest BCUT2D eigenvalue weighted by molar-refractivity contribution is 7.87. The van der Waals surface area contributed by atoms with E-state index in [0.29, 0.717) is 0 Å². The van der Waals surface area contributed by atoms with Crippen molar-refractivity contribution in [3.8, 4) is 5.75 Å². The summed E-state index contributed by atoms with van der Waals surface area (Å²) >= 11 is 0. The minimum Gasteiger partial charge on any atom is -0.386 e. The summed E-state index contributed by atoms with van der Waals surface area (Å²) in [7, 11) is -5.00. The van der Waals surface area contributed by atoms with Gasteiger partial charge in [0.1, 0.15) is 5.56 Å². The topological polar surface area (TPSA) is 86.7 Å². The van der Waals surface area contributed by atoms with E-state index in [1.165, 1.54) is 0 Å². The standard InChI is InChI=1S/C10H5F3O6S/c11-10(12,13)4-20(16,17)19-6-3-1-2-5-7(6)9(15)18-8(5)14/h1-3H,4H2. The number of alkyl halides is 3. The fourth-order valence-electron chi connectivity index (χ4n) is 1.54. The van der Waals surface area contributed by atoms with Crippen molar-refractivity contribution < 1.29 is 40.1 Å². The van der Waals surface area contributed by atoms with E-state index in [4.69, 9.17) is 0 Å². The molecule has 20 heavy (non-hydrogen) atoms. The van der Waals surface area contributed by atoms with Crippen LogP contribution in [0.25, 0.3) is 0 Å². The van der Waals surface area contributed by atoms with Gasteiger partial charge in [-0.25, -0.2) is 9.59 Å².